The Hall–Kier alpha value is -0.870. The van der Waals surface area contributed by atoms with Gasteiger partial charge in [0.25, 0.3) is 0 Å². The zero-order chi connectivity index (χ0) is 14.3. The molecule has 0 fully saturated rings. The van der Waals surface area contributed by atoms with Crippen LogP contribution in [-0.4, -0.2) is 0 Å². The molecule has 102 valence electrons. The highest BCUT2D eigenvalue weighted by Crippen LogP contribution is 2.38. The van der Waals surface area contributed by atoms with Crippen molar-refractivity contribution in [2.45, 2.75) is 12.5 Å². The summed E-state index contributed by atoms with van der Waals surface area (Å²) in [5.74, 6) is 0. The number of benzene rings is 2. The van der Waals surface area contributed by atoms with Crippen molar-refractivity contribution in [3.05, 3.63) is 68.5 Å². The summed E-state index contributed by atoms with van der Waals surface area (Å²) in [5, 5.41) is 3.99. The Morgan fingerprint density at radius 1 is 1.15 bits per heavy atom. The fourth-order valence-electron chi connectivity index (χ4n) is 2.46. The summed E-state index contributed by atoms with van der Waals surface area (Å²) in [6.07, 6.45) is 0. The van der Waals surface area contributed by atoms with Gasteiger partial charge in [0.05, 0.1) is 5.54 Å². The first-order valence-electron chi connectivity index (χ1n) is 6.21. The zero-order valence-electron chi connectivity index (χ0n) is 10.9. The molecule has 1 heterocycles. The summed E-state index contributed by atoms with van der Waals surface area (Å²) in [6, 6.07) is 14.2. The molecule has 1 nitrogen and oxygen atoms in total. The highest BCUT2D eigenvalue weighted by molar-refractivity contribution is 9.10. The standard InChI is InChI=1S/C16H13BrClNS/c1-16(19,12-6-5-11(17)9-14(12)18)13-4-2-3-10-7-8-20-15(10)13/h2-9H,19H2,1H3. The molecule has 2 aromatic carbocycles. The van der Waals surface area contributed by atoms with E-state index in [4.69, 9.17) is 17.3 Å². The summed E-state index contributed by atoms with van der Waals surface area (Å²) < 4.78 is 2.17. The van der Waals surface area contributed by atoms with Gasteiger partial charge >= 0.3 is 0 Å². The molecule has 0 saturated carbocycles. The highest BCUT2D eigenvalue weighted by atomic mass is 79.9. The van der Waals surface area contributed by atoms with Crippen molar-refractivity contribution in [1.29, 1.82) is 0 Å². The van der Waals surface area contributed by atoms with Crippen LogP contribution in [0.15, 0.2) is 52.3 Å². The molecule has 0 saturated heterocycles. The second kappa shape index (κ2) is 5.15. The summed E-state index contributed by atoms with van der Waals surface area (Å²) in [5.41, 5.74) is 8.06. The number of halogens is 2. The first kappa shape index (κ1) is 14.1. The molecule has 1 atom stereocenters. The molecular weight excluding hydrogens is 354 g/mol. The maximum Gasteiger partial charge on any atom is 0.0665 e. The SMILES string of the molecule is CC(N)(c1ccc(Br)cc1Cl)c1cccc2ccsc12. The van der Waals surface area contributed by atoms with Crippen LogP contribution < -0.4 is 5.73 Å². The van der Waals surface area contributed by atoms with Gasteiger partial charge in [-0.15, -0.1) is 11.3 Å². The lowest BCUT2D eigenvalue weighted by Gasteiger charge is -2.27. The van der Waals surface area contributed by atoms with Crippen molar-refractivity contribution in [2.24, 2.45) is 5.73 Å². The third-order valence-electron chi connectivity index (χ3n) is 3.53. The molecule has 0 spiro atoms. The lowest BCUT2D eigenvalue weighted by molar-refractivity contribution is 0.610. The van der Waals surface area contributed by atoms with E-state index in [9.17, 15) is 0 Å². The Labute approximate surface area is 135 Å². The van der Waals surface area contributed by atoms with Crippen molar-refractivity contribution in [2.75, 3.05) is 0 Å². The predicted octanol–water partition coefficient (Wildman–Crippen LogP) is 5.54. The predicted molar refractivity (Wildman–Crippen MR) is 91.6 cm³/mol. The Balaban J connectivity index is 2.23. The number of fused-ring (bicyclic) bond motifs is 1. The van der Waals surface area contributed by atoms with Gasteiger partial charge in [-0.2, -0.15) is 0 Å². The van der Waals surface area contributed by atoms with Gasteiger partial charge in [-0.05, 0) is 47.0 Å². The minimum atomic E-state index is -0.623. The van der Waals surface area contributed by atoms with Crippen molar-refractivity contribution >= 4 is 49.0 Å². The second-order valence-corrected chi connectivity index (χ2v) is 7.21. The van der Waals surface area contributed by atoms with Gasteiger partial charge < -0.3 is 5.73 Å². The van der Waals surface area contributed by atoms with E-state index in [1.54, 1.807) is 11.3 Å². The van der Waals surface area contributed by atoms with Crippen molar-refractivity contribution in [1.82, 2.24) is 0 Å². The Bertz CT molecular complexity index is 779. The van der Waals surface area contributed by atoms with Crippen LogP contribution in [0.5, 0.6) is 0 Å². The number of hydrogen-bond donors (Lipinski definition) is 1. The van der Waals surface area contributed by atoms with E-state index in [1.165, 1.54) is 10.1 Å². The lowest BCUT2D eigenvalue weighted by atomic mass is 9.85. The first-order valence-corrected chi connectivity index (χ1v) is 8.26. The van der Waals surface area contributed by atoms with Crippen molar-refractivity contribution in [3.63, 3.8) is 0 Å². The zero-order valence-corrected chi connectivity index (χ0v) is 14.0. The van der Waals surface area contributed by atoms with Gasteiger partial charge in [-0.1, -0.05) is 51.8 Å². The van der Waals surface area contributed by atoms with Crippen LogP contribution in [0, 0.1) is 0 Å². The second-order valence-electron chi connectivity index (χ2n) is 4.97. The van der Waals surface area contributed by atoms with E-state index in [0.29, 0.717) is 5.02 Å². The maximum absolute atomic E-state index is 6.64. The summed E-state index contributed by atoms with van der Waals surface area (Å²) >= 11 is 11.5. The van der Waals surface area contributed by atoms with Crippen LogP contribution >= 0.6 is 38.9 Å². The Kier molecular flexibility index (Phi) is 3.63. The molecule has 0 aliphatic rings. The minimum Gasteiger partial charge on any atom is -0.318 e. The molecule has 1 aromatic heterocycles. The molecule has 0 amide bonds. The Morgan fingerprint density at radius 3 is 2.70 bits per heavy atom. The van der Waals surface area contributed by atoms with Gasteiger partial charge in [0.1, 0.15) is 0 Å². The molecule has 0 aliphatic carbocycles. The number of hydrogen-bond acceptors (Lipinski definition) is 2. The molecule has 1 unspecified atom stereocenters. The Morgan fingerprint density at radius 2 is 1.95 bits per heavy atom. The van der Waals surface area contributed by atoms with Gasteiger partial charge in [-0.3, -0.25) is 0 Å². The van der Waals surface area contributed by atoms with E-state index in [2.05, 4.69) is 39.5 Å². The lowest BCUT2D eigenvalue weighted by Crippen LogP contribution is -2.34. The summed E-state index contributed by atoms with van der Waals surface area (Å²) in [4.78, 5) is 0. The average Bonchev–Trinajstić information content (AvgIpc) is 2.85. The number of thiophene rings is 1. The van der Waals surface area contributed by atoms with E-state index in [1.807, 2.05) is 31.2 Å². The van der Waals surface area contributed by atoms with Gasteiger partial charge in [0.2, 0.25) is 0 Å². The van der Waals surface area contributed by atoms with Crippen LogP contribution in [0.1, 0.15) is 18.1 Å². The topological polar surface area (TPSA) is 26.0 Å². The van der Waals surface area contributed by atoms with Gasteiger partial charge in [-0.25, -0.2) is 0 Å². The monoisotopic (exact) mass is 365 g/mol. The first-order chi connectivity index (χ1) is 9.50. The molecule has 0 aliphatic heterocycles. The van der Waals surface area contributed by atoms with Crippen molar-refractivity contribution in [3.8, 4) is 0 Å². The fraction of sp³-hybridized carbons (Fsp3) is 0.125. The normalized spacial score (nSPS) is 14.4. The molecule has 20 heavy (non-hydrogen) atoms. The van der Waals surface area contributed by atoms with Gasteiger partial charge in [0, 0.05) is 14.2 Å². The highest BCUT2D eigenvalue weighted by Gasteiger charge is 2.28. The average molecular weight is 367 g/mol. The quantitative estimate of drug-likeness (QED) is 0.633. The maximum atomic E-state index is 6.64. The minimum absolute atomic E-state index is 0.623. The smallest absolute Gasteiger partial charge is 0.0665 e. The van der Waals surface area contributed by atoms with E-state index in [0.717, 1.165) is 15.6 Å². The fourth-order valence-corrected chi connectivity index (χ4v) is 4.36. The number of rotatable bonds is 2. The van der Waals surface area contributed by atoms with Crippen LogP contribution in [0.25, 0.3) is 10.1 Å². The van der Waals surface area contributed by atoms with Crippen LogP contribution in [0.3, 0.4) is 0 Å². The van der Waals surface area contributed by atoms with Crippen LogP contribution in [0.4, 0.5) is 0 Å². The van der Waals surface area contributed by atoms with E-state index < -0.39 is 5.54 Å². The molecule has 4 heteroatoms. The molecule has 0 radical (unpaired) electrons. The largest absolute Gasteiger partial charge is 0.318 e. The molecular formula is C16H13BrClNS. The third kappa shape index (κ3) is 2.29. The number of nitrogens with two attached hydrogens (primary N) is 1. The van der Waals surface area contributed by atoms with Crippen LogP contribution in [0.2, 0.25) is 5.02 Å². The van der Waals surface area contributed by atoms with E-state index in [-0.39, 0.29) is 0 Å². The van der Waals surface area contributed by atoms with Gasteiger partial charge in [0.15, 0.2) is 0 Å². The van der Waals surface area contributed by atoms with Crippen molar-refractivity contribution < 1.29 is 0 Å². The third-order valence-corrected chi connectivity index (χ3v) is 5.30. The van der Waals surface area contributed by atoms with Crippen LogP contribution in [-0.2, 0) is 5.54 Å². The summed E-state index contributed by atoms with van der Waals surface area (Å²) in [6.45, 7) is 2.01. The summed E-state index contributed by atoms with van der Waals surface area (Å²) in [7, 11) is 0. The molecule has 2 N–H and O–H groups in total. The molecule has 3 rings (SSSR count). The molecule has 0 bridgehead atoms. The van der Waals surface area contributed by atoms with E-state index >= 15 is 0 Å². The molecule has 3 aromatic rings.